The zero-order valence-electron chi connectivity index (χ0n) is 34.7. The van der Waals surface area contributed by atoms with Gasteiger partial charge >= 0.3 is 5.97 Å². The Labute approximate surface area is 322 Å². The third-order valence-electron chi connectivity index (χ3n) is 10.3. The summed E-state index contributed by atoms with van der Waals surface area (Å²) in [6, 6.07) is -0.702. The maximum absolute atomic E-state index is 13.1. The van der Waals surface area contributed by atoms with E-state index >= 15 is 0 Å². The zero-order valence-corrected chi connectivity index (χ0v) is 34.7. The third-order valence-corrected chi connectivity index (χ3v) is 10.3. The average Bonchev–Trinajstić information content (AvgIpc) is 3.13. The molecule has 0 rings (SSSR count). The Hall–Kier alpha value is -1.66. The molecule has 0 fully saturated rings. The second kappa shape index (κ2) is 40.5. The number of amides is 1. The van der Waals surface area contributed by atoms with Crippen molar-refractivity contribution >= 4 is 11.9 Å². The van der Waals surface area contributed by atoms with E-state index in [1.165, 1.54) is 109 Å². The second-order valence-electron chi connectivity index (χ2n) is 15.4. The molecule has 306 valence electrons. The van der Waals surface area contributed by atoms with E-state index in [9.17, 15) is 19.8 Å². The van der Waals surface area contributed by atoms with Gasteiger partial charge in [0.2, 0.25) is 5.91 Å². The van der Waals surface area contributed by atoms with Gasteiger partial charge in [-0.15, -0.1) is 0 Å². The summed E-state index contributed by atoms with van der Waals surface area (Å²) >= 11 is 0. The highest BCUT2D eigenvalue weighted by molar-refractivity contribution is 5.77. The Kier molecular flexibility index (Phi) is 39.2. The Morgan fingerprint density at radius 2 is 0.942 bits per heavy atom. The number of ether oxygens (including phenoxy) is 1. The van der Waals surface area contributed by atoms with Crippen LogP contribution in [0.1, 0.15) is 233 Å². The minimum Gasteiger partial charge on any atom is -0.462 e. The molecule has 1 amide bonds. The van der Waals surface area contributed by atoms with Crippen molar-refractivity contribution in [3.8, 4) is 0 Å². The van der Waals surface area contributed by atoms with Crippen molar-refractivity contribution in [2.24, 2.45) is 0 Å². The van der Waals surface area contributed by atoms with Gasteiger partial charge in [-0.25, -0.2) is 0 Å². The topological polar surface area (TPSA) is 95.9 Å². The molecule has 0 radical (unpaired) electrons. The number of aliphatic hydroxyl groups excluding tert-OH is 2. The van der Waals surface area contributed by atoms with E-state index in [1.807, 2.05) is 0 Å². The number of aliphatic hydroxyl groups is 2. The van der Waals surface area contributed by atoms with Crippen molar-refractivity contribution in [2.75, 3.05) is 6.61 Å². The van der Waals surface area contributed by atoms with Crippen LogP contribution in [-0.2, 0) is 14.3 Å². The first-order chi connectivity index (χ1) is 25.5. The quantitative estimate of drug-likeness (QED) is 0.0331. The molecule has 0 heterocycles. The van der Waals surface area contributed by atoms with Crippen molar-refractivity contribution in [3.05, 3.63) is 24.3 Å². The van der Waals surface area contributed by atoms with Crippen LogP contribution in [0.15, 0.2) is 24.3 Å². The van der Waals surface area contributed by atoms with Crippen molar-refractivity contribution in [3.63, 3.8) is 0 Å². The molecule has 0 aromatic carbocycles. The second-order valence-corrected chi connectivity index (χ2v) is 15.4. The fourth-order valence-electron chi connectivity index (χ4n) is 6.76. The standard InChI is InChI=1S/C46H87NO5/c1-4-7-10-13-16-19-21-22-24-27-30-33-36-39-46(51)52-42(37-34-31-28-25-18-15-12-9-6-3)40-45(50)47-43(41-48)44(49)38-35-32-29-26-23-20-17-14-11-8-5-2/h15,18,22,24,42-44,48-49H,4-14,16-17,19-21,23,25-41H2,1-3H3,(H,47,50)/b18-15-,24-22-. The van der Waals surface area contributed by atoms with Crippen LogP contribution in [0.5, 0.6) is 0 Å². The van der Waals surface area contributed by atoms with Crippen molar-refractivity contribution in [1.29, 1.82) is 0 Å². The molecule has 3 unspecified atom stereocenters. The molecule has 0 aromatic heterocycles. The number of hydrogen-bond acceptors (Lipinski definition) is 5. The summed E-state index contributed by atoms with van der Waals surface area (Å²) in [6.07, 6.45) is 43.8. The fourth-order valence-corrected chi connectivity index (χ4v) is 6.76. The van der Waals surface area contributed by atoms with Crippen LogP contribution in [-0.4, -0.2) is 46.9 Å². The number of rotatable bonds is 40. The summed E-state index contributed by atoms with van der Waals surface area (Å²) in [4.78, 5) is 25.9. The Morgan fingerprint density at radius 3 is 1.44 bits per heavy atom. The molecule has 0 saturated carbocycles. The number of carbonyl (C=O) groups excluding carboxylic acids is 2. The van der Waals surface area contributed by atoms with Gasteiger partial charge in [0, 0.05) is 6.42 Å². The minimum atomic E-state index is -0.788. The van der Waals surface area contributed by atoms with Crippen LogP contribution in [0, 0.1) is 0 Å². The lowest BCUT2D eigenvalue weighted by Gasteiger charge is -2.24. The molecular weight excluding hydrogens is 647 g/mol. The smallest absolute Gasteiger partial charge is 0.306 e. The minimum absolute atomic E-state index is 0.0632. The van der Waals surface area contributed by atoms with Gasteiger partial charge in [-0.1, -0.05) is 173 Å². The molecule has 6 heteroatoms. The Morgan fingerprint density at radius 1 is 0.538 bits per heavy atom. The van der Waals surface area contributed by atoms with E-state index < -0.39 is 18.2 Å². The Bertz CT molecular complexity index is 828. The largest absolute Gasteiger partial charge is 0.462 e. The highest BCUT2D eigenvalue weighted by Crippen LogP contribution is 2.17. The number of unbranched alkanes of at least 4 members (excludes halogenated alkanes) is 24. The summed E-state index contributed by atoms with van der Waals surface area (Å²) in [5.74, 6) is -0.507. The number of allylic oxidation sites excluding steroid dienone is 4. The maximum Gasteiger partial charge on any atom is 0.306 e. The molecule has 0 aliphatic carbocycles. The van der Waals surface area contributed by atoms with Crippen molar-refractivity contribution < 1.29 is 24.5 Å². The number of esters is 1. The van der Waals surface area contributed by atoms with E-state index in [1.54, 1.807) is 0 Å². The van der Waals surface area contributed by atoms with E-state index in [0.29, 0.717) is 19.3 Å². The molecule has 3 N–H and O–H groups in total. The SMILES string of the molecule is CCCC/C=C\CCCCCC(CC(=O)NC(CO)C(O)CCCCCCCCCCCCC)OC(=O)CCCCC/C=C\CCCCCCCC. The van der Waals surface area contributed by atoms with Crippen LogP contribution in [0.2, 0.25) is 0 Å². The predicted molar refractivity (Wildman–Crippen MR) is 223 cm³/mol. The lowest BCUT2D eigenvalue weighted by molar-refractivity contribution is -0.151. The molecular formula is C46H87NO5. The van der Waals surface area contributed by atoms with Gasteiger partial charge in [0.25, 0.3) is 0 Å². The van der Waals surface area contributed by atoms with Crippen LogP contribution in [0.3, 0.4) is 0 Å². The van der Waals surface area contributed by atoms with Gasteiger partial charge < -0.3 is 20.3 Å². The summed E-state index contributed by atoms with van der Waals surface area (Å²) in [6.45, 7) is 6.40. The highest BCUT2D eigenvalue weighted by Gasteiger charge is 2.24. The first-order valence-corrected chi connectivity index (χ1v) is 22.6. The van der Waals surface area contributed by atoms with Crippen molar-refractivity contribution in [2.45, 2.75) is 251 Å². The number of nitrogens with one attached hydrogen (secondary N) is 1. The summed E-state index contributed by atoms with van der Waals surface area (Å²) in [7, 11) is 0. The monoisotopic (exact) mass is 734 g/mol. The maximum atomic E-state index is 13.1. The van der Waals surface area contributed by atoms with E-state index in [2.05, 4.69) is 50.4 Å². The van der Waals surface area contributed by atoms with Gasteiger partial charge in [-0.3, -0.25) is 9.59 Å². The van der Waals surface area contributed by atoms with Gasteiger partial charge in [0.05, 0.1) is 25.2 Å². The van der Waals surface area contributed by atoms with Crippen LogP contribution >= 0.6 is 0 Å². The number of hydrogen-bond donors (Lipinski definition) is 3. The van der Waals surface area contributed by atoms with Crippen molar-refractivity contribution in [1.82, 2.24) is 5.32 Å². The van der Waals surface area contributed by atoms with Crippen LogP contribution in [0.25, 0.3) is 0 Å². The van der Waals surface area contributed by atoms with Gasteiger partial charge in [-0.2, -0.15) is 0 Å². The first kappa shape index (κ1) is 50.3. The number of carbonyl (C=O) groups is 2. The molecule has 0 aromatic rings. The third kappa shape index (κ3) is 35.4. The lowest BCUT2D eigenvalue weighted by Crippen LogP contribution is -2.46. The average molecular weight is 734 g/mol. The molecule has 0 aliphatic rings. The predicted octanol–water partition coefficient (Wildman–Crippen LogP) is 12.8. The summed E-state index contributed by atoms with van der Waals surface area (Å²) < 4.78 is 5.87. The van der Waals surface area contributed by atoms with Gasteiger partial charge in [0.1, 0.15) is 6.10 Å². The molecule has 52 heavy (non-hydrogen) atoms. The molecule has 0 aliphatic heterocycles. The lowest BCUT2D eigenvalue weighted by atomic mass is 10.0. The van der Waals surface area contributed by atoms with E-state index in [4.69, 9.17) is 4.74 Å². The molecule has 0 saturated heterocycles. The normalized spacial score (nSPS) is 13.6. The van der Waals surface area contributed by atoms with Crippen LogP contribution in [0.4, 0.5) is 0 Å². The molecule has 0 spiro atoms. The van der Waals surface area contributed by atoms with E-state index in [0.717, 1.165) is 77.0 Å². The summed E-state index contributed by atoms with van der Waals surface area (Å²) in [5, 5.41) is 23.6. The van der Waals surface area contributed by atoms with Gasteiger partial charge in [-0.05, 0) is 70.6 Å². The highest BCUT2D eigenvalue weighted by atomic mass is 16.5. The van der Waals surface area contributed by atoms with Gasteiger partial charge in [0.15, 0.2) is 0 Å². The van der Waals surface area contributed by atoms with Crippen LogP contribution < -0.4 is 5.32 Å². The molecule has 0 bridgehead atoms. The molecule has 3 atom stereocenters. The Balaban J connectivity index is 4.56. The summed E-state index contributed by atoms with van der Waals surface area (Å²) in [5.41, 5.74) is 0. The molecule has 6 nitrogen and oxygen atoms in total. The first-order valence-electron chi connectivity index (χ1n) is 22.6. The van der Waals surface area contributed by atoms with E-state index in [-0.39, 0.29) is 24.9 Å². The zero-order chi connectivity index (χ0) is 38.2. The fraction of sp³-hybridized carbons (Fsp3) is 0.870.